The number of anilines is 2. The molecule has 1 unspecified atom stereocenters. The Bertz CT molecular complexity index is 1130. The van der Waals surface area contributed by atoms with Gasteiger partial charge in [0.25, 0.3) is 0 Å². The van der Waals surface area contributed by atoms with E-state index in [2.05, 4.69) is 43.2 Å². The first-order valence-electron chi connectivity index (χ1n) is 11.4. The summed E-state index contributed by atoms with van der Waals surface area (Å²) in [6.45, 7) is 13.0. The smallest absolute Gasteiger partial charge is 0.317 e. The lowest BCUT2D eigenvalue weighted by Crippen LogP contribution is -2.53. The summed E-state index contributed by atoms with van der Waals surface area (Å²) in [6, 6.07) is 6.63. The molecular weight excluding hydrogens is 441 g/mol. The zero-order valence-corrected chi connectivity index (χ0v) is 20.7. The monoisotopic (exact) mass is 473 g/mol. The molecule has 1 atom stereocenters. The number of nitrogens with one attached hydrogen (secondary N) is 2. The van der Waals surface area contributed by atoms with Crippen molar-refractivity contribution in [2.75, 3.05) is 36.4 Å². The predicted octanol–water partition coefficient (Wildman–Crippen LogP) is 4.44. The van der Waals surface area contributed by atoms with E-state index in [9.17, 15) is 9.18 Å². The second-order valence-electron chi connectivity index (χ2n) is 9.51. The van der Waals surface area contributed by atoms with E-state index in [0.29, 0.717) is 37.4 Å². The van der Waals surface area contributed by atoms with Gasteiger partial charge in [0.1, 0.15) is 11.5 Å². The molecule has 0 aliphatic carbocycles. The number of rotatable bonds is 5. The summed E-state index contributed by atoms with van der Waals surface area (Å²) in [5, 5.41) is 12.2. The maximum atomic E-state index is 13.9. The summed E-state index contributed by atoms with van der Waals surface area (Å²) in [7, 11) is 0. The molecular formula is C23H32FN7OS. The fourth-order valence-electron chi connectivity index (χ4n) is 3.68. The molecule has 0 saturated carbocycles. The number of carbonyl (C=O) groups excluding carboxylic acids is 1. The lowest BCUT2D eigenvalue weighted by atomic mass is 10.1. The van der Waals surface area contributed by atoms with Crippen molar-refractivity contribution >= 4 is 33.3 Å². The van der Waals surface area contributed by atoms with Crippen molar-refractivity contribution in [2.45, 2.75) is 52.6 Å². The van der Waals surface area contributed by atoms with Crippen molar-refractivity contribution in [3.8, 4) is 11.3 Å². The molecule has 0 spiro atoms. The second kappa shape index (κ2) is 9.17. The highest BCUT2D eigenvalue weighted by atomic mass is 32.1. The Labute approximate surface area is 197 Å². The molecule has 8 nitrogen and oxygen atoms in total. The molecule has 1 saturated heterocycles. The van der Waals surface area contributed by atoms with E-state index in [1.54, 1.807) is 6.07 Å². The van der Waals surface area contributed by atoms with Crippen LogP contribution in [0.5, 0.6) is 0 Å². The second-order valence-corrected chi connectivity index (χ2v) is 10.4. The third-order valence-corrected chi connectivity index (χ3v) is 6.57. The molecule has 2 N–H and O–H groups in total. The number of urea groups is 1. The van der Waals surface area contributed by atoms with Gasteiger partial charge in [0, 0.05) is 43.3 Å². The number of aromatic nitrogens is 3. The first kappa shape index (κ1) is 23.3. The molecule has 2 amide bonds. The number of imidazole rings is 1. The molecule has 0 bridgehead atoms. The summed E-state index contributed by atoms with van der Waals surface area (Å²) < 4.78 is 15.7. The minimum absolute atomic E-state index is 0.00524. The largest absolute Gasteiger partial charge is 0.364 e. The highest BCUT2D eigenvalue weighted by molar-refractivity contribution is 7.20. The van der Waals surface area contributed by atoms with Crippen molar-refractivity contribution in [3.63, 3.8) is 0 Å². The third kappa shape index (κ3) is 5.21. The molecule has 1 aliphatic heterocycles. The van der Waals surface area contributed by atoms with Gasteiger partial charge in [-0.1, -0.05) is 30.4 Å². The van der Waals surface area contributed by atoms with Gasteiger partial charge < -0.3 is 20.4 Å². The number of nitrogens with zero attached hydrogens (tertiary/aromatic N) is 5. The normalized spacial score (nSPS) is 15.7. The Morgan fingerprint density at radius 3 is 2.61 bits per heavy atom. The molecule has 10 heteroatoms. The standard InChI is InChI=1S/C23H32FN7OS/c1-6-15(2)25-20(32)29-10-12-30(13-11-29)22-28-31-19(27-23(3,4)5)18(26-21(31)33-22)16-8-7-9-17(24)14-16/h7-9,14-15,27H,6,10-13H2,1-5H3,(H,25,32). The number of amides is 2. The van der Waals surface area contributed by atoms with Gasteiger partial charge in [0.2, 0.25) is 10.1 Å². The SMILES string of the molecule is CCC(C)NC(=O)N1CCN(c2nn3c(NC(C)(C)C)c(-c4cccc(F)c4)nc3s2)CC1. The fourth-order valence-corrected chi connectivity index (χ4v) is 4.63. The first-order valence-corrected chi connectivity index (χ1v) is 12.2. The van der Waals surface area contributed by atoms with E-state index >= 15 is 0 Å². The topological polar surface area (TPSA) is 77.8 Å². The molecule has 1 aliphatic rings. The zero-order valence-electron chi connectivity index (χ0n) is 19.9. The summed E-state index contributed by atoms with van der Waals surface area (Å²) >= 11 is 1.50. The van der Waals surface area contributed by atoms with Crippen LogP contribution in [0, 0.1) is 5.82 Å². The van der Waals surface area contributed by atoms with Crippen LogP contribution in [0.2, 0.25) is 0 Å². The van der Waals surface area contributed by atoms with Crippen LogP contribution in [-0.4, -0.2) is 63.3 Å². The first-order chi connectivity index (χ1) is 15.6. The van der Waals surface area contributed by atoms with Crippen LogP contribution in [0.15, 0.2) is 24.3 Å². The van der Waals surface area contributed by atoms with Crippen molar-refractivity contribution in [1.82, 2.24) is 24.8 Å². The van der Waals surface area contributed by atoms with E-state index in [1.165, 1.54) is 23.5 Å². The van der Waals surface area contributed by atoms with Crippen LogP contribution in [-0.2, 0) is 0 Å². The van der Waals surface area contributed by atoms with Gasteiger partial charge in [-0.25, -0.2) is 14.2 Å². The molecule has 4 rings (SSSR count). The van der Waals surface area contributed by atoms with Crippen molar-refractivity contribution in [3.05, 3.63) is 30.1 Å². The molecule has 178 valence electrons. The van der Waals surface area contributed by atoms with Gasteiger partial charge >= 0.3 is 6.03 Å². The number of hydrogen-bond donors (Lipinski definition) is 2. The molecule has 1 aromatic carbocycles. The highest BCUT2D eigenvalue weighted by Crippen LogP contribution is 2.35. The van der Waals surface area contributed by atoms with E-state index in [1.807, 2.05) is 22.4 Å². The van der Waals surface area contributed by atoms with Crippen LogP contribution in [0.1, 0.15) is 41.0 Å². The van der Waals surface area contributed by atoms with E-state index < -0.39 is 0 Å². The van der Waals surface area contributed by atoms with Gasteiger partial charge in [-0.3, -0.25) is 0 Å². The van der Waals surface area contributed by atoms with E-state index in [0.717, 1.165) is 22.3 Å². The summed E-state index contributed by atoms with van der Waals surface area (Å²) in [5.41, 5.74) is 1.17. The number of carbonyl (C=O) groups is 1. The molecule has 3 heterocycles. The predicted molar refractivity (Wildman–Crippen MR) is 132 cm³/mol. The molecule has 3 aromatic rings. The molecule has 1 fully saturated rings. The van der Waals surface area contributed by atoms with Gasteiger partial charge in [-0.2, -0.15) is 4.52 Å². The van der Waals surface area contributed by atoms with Gasteiger partial charge in [0.15, 0.2) is 5.82 Å². The third-order valence-electron chi connectivity index (χ3n) is 5.60. The van der Waals surface area contributed by atoms with E-state index in [-0.39, 0.29) is 23.4 Å². The summed E-state index contributed by atoms with van der Waals surface area (Å²) in [5.74, 6) is 0.451. The van der Waals surface area contributed by atoms with Crippen LogP contribution >= 0.6 is 11.3 Å². The minimum atomic E-state index is -0.297. The average molecular weight is 474 g/mol. The Balaban J connectivity index is 1.57. The van der Waals surface area contributed by atoms with Gasteiger partial charge in [-0.15, -0.1) is 5.10 Å². The Morgan fingerprint density at radius 1 is 1.24 bits per heavy atom. The summed E-state index contributed by atoms with van der Waals surface area (Å²) in [6.07, 6.45) is 0.910. The van der Waals surface area contributed by atoms with Crippen LogP contribution < -0.4 is 15.5 Å². The number of halogens is 1. The lowest BCUT2D eigenvalue weighted by molar-refractivity contribution is 0.190. The summed E-state index contributed by atoms with van der Waals surface area (Å²) in [4.78, 5) is 22.0. The van der Waals surface area contributed by atoms with Crippen molar-refractivity contribution in [1.29, 1.82) is 0 Å². The highest BCUT2D eigenvalue weighted by Gasteiger charge is 2.27. The van der Waals surface area contributed by atoms with Crippen molar-refractivity contribution in [2.24, 2.45) is 0 Å². The Hall–Kier alpha value is -2.88. The molecule has 0 radical (unpaired) electrons. The Morgan fingerprint density at radius 2 is 1.97 bits per heavy atom. The maximum absolute atomic E-state index is 13.9. The van der Waals surface area contributed by atoms with Crippen molar-refractivity contribution < 1.29 is 9.18 Å². The van der Waals surface area contributed by atoms with Crippen LogP contribution in [0.25, 0.3) is 16.2 Å². The Kier molecular flexibility index (Phi) is 6.47. The van der Waals surface area contributed by atoms with Gasteiger partial charge in [0.05, 0.1) is 0 Å². The number of fused-ring (bicyclic) bond motifs is 1. The molecule has 33 heavy (non-hydrogen) atoms. The number of benzene rings is 1. The van der Waals surface area contributed by atoms with Gasteiger partial charge in [-0.05, 0) is 46.2 Å². The fraction of sp³-hybridized carbons (Fsp3) is 0.522. The minimum Gasteiger partial charge on any atom is -0.364 e. The number of hydrogen-bond acceptors (Lipinski definition) is 6. The lowest BCUT2D eigenvalue weighted by Gasteiger charge is -2.34. The zero-order chi connectivity index (χ0) is 23.8. The van der Waals surface area contributed by atoms with E-state index in [4.69, 9.17) is 10.1 Å². The molecule has 2 aromatic heterocycles. The average Bonchev–Trinajstić information content (AvgIpc) is 3.32. The van der Waals surface area contributed by atoms with Crippen LogP contribution in [0.3, 0.4) is 0 Å². The maximum Gasteiger partial charge on any atom is 0.317 e. The number of piperazine rings is 1. The van der Waals surface area contributed by atoms with Crippen LogP contribution in [0.4, 0.5) is 20.1 Å². The quantitative estimate of drug-likeness (QED) is 0.573.